The zero-order chi connectivity index (χ0) is 33.7. The van der Waals surface area contributed by atoms with Gasteiger partial charge >= 0.3 is 6.11 Å². The molecule has 0 heterocycles. The van der Waals surface area contributed by atoms with Crippen molar-refractivity contribution in [2.45, 2.75) is 38.7 Å². The molecule has 5 aromatic rings. The van der Waals surface area contributed by atoms with Crippen molar-refractivity contribution in [1.29, 1.82) is 0 Å². The highest BCUT2D eigenvalue weighted by atomic mass is 19.3. The van der Waals surface area contributed by atoms with Gasteiger partial charge in [-0.3, -0.25) is 0 Å². The summed E-state index contributed by atoms with van der Waals surface area (Å²) in [5.74, 6) is -7.95. The van der Waals surface area contributed by atoms with Gasteiger partial charge in [0.25, 0.3) is 0 Å². The molecule has 0 unspecified atom stereocenters. The monoisotopic (exact) mass is 652 g/mol. The molecule has 1 nitrogen and oxygen atoms in total. The quantitative estimate of drug-likeness (QED) is 0.0784. The van der Waals surface area contributed by atoms with E-state index in [1.165, 1.54) is 29.8 Å². The van der Waals surface area contributed by atoms with Crippen LogP contribution < -0.4 is 4.74 Å². The van der Waals surface area contributed by atoms with Gasteiger partial charge in [-0.1, -0.05) is 68.3 Å². The molecule has 5 rings (SSSR count). The second kappa shape index (κ2) is 14.2. The predicted molar refractivity (Wildman–Crippen MR) is 167 cm³/mol. The summed E-state index contributed by atoms with van der Waals surface area (Å²) in [4.78, 5) is 0. The highest BCUT2D eigenvalue weighted by Gasteiger charge is 2.28. The van der Waals surface area contributed by atoms with Gasteiger partial charge in [-0.05, 0) is 94.8 Å². The Bertz CT molecular complexity index is 1850. The van der Waals surface area contributed by atoms with Gasteiger partial charge in [-0.25, -0.2) is 26.3 Å². The number of hydrogen-bond donors (Lipinski definition) is 0. The van der Waals surface area contributed by atoms with Gasteiger partial charge in [0, 0.05) is 17.2 Å². The fourth-order valence-corrected chi connectivity index (χ4v) is 5.08. The Labute approximate surface area is 266 Å². The number of ether oxygens (including phenoxy) is 1. The van der Waals surface area contributed by atoms with Gasteiger partial charge in [0.2, 0.25) is 0 Å². The Hall–Kier alpha value is -4.92. The van der Waals surface area contributed by atoms with Crippen molar-refractivity contribution in [2.24, 2.45) is 0 Å². The molecule has 0 aliphatic heterocycles. The van der Waals surface area contributed by atoms with Gasteiger partial charge in [-0.2, -0.15) is 8.78 Å². The predicted octanol–water partition coefficient (Wildman–Crippen LogP) is 11.9. The number of hydrogen-bond acceptors (Lipinski definition) is 1. The lowest BCUT2D eigenvalue weighted by Crippen LogP contribution is -2.21. The van der Waals surface area contributed by atoms with Crippen LogP contribution in [0.4, 0.5) is 35.1 Å². The average Bonchev–Trinajstić information content (AvgIpc) is 3.03. The van der Waals surface area contributed by atoms with Crippen LogP contribution in [-0.2, 0) is 6.42 Å². The summed E-state index contributed by atoms with van der Waals surface area (Å²) in [6.45, 7) is 2.13. The fourth-order valence-electron chi connectivity index (χ4n) is 5.08. The molecule has 0 fully saturated rings. The van der Waals surface area contributed by atoms with Crippen molar-refractivity contribution in [1.82, 2.24) is 0 Å². The van der Waals surface area contributed by atoms with Crippen LogP contribution in [0.5, 0.6) is 5.75 Å². The first-order valence-electron chi connectivity index (χ1n) is 14.8. The third kappa shape index (κ3) is 8.09. The molecule has 0 bridgehead atoms. The zero-order valence-electron chi connectivity index (χ0n) is 25.1. The third-order valence-corrected chi connectivity index (χ3v) is 7.58. The van der Waals surface area contributed by atoms with Crippen LogP contribution in [0.1, 0.15) is 37.3 Å². The lowest BCUT2D eigenvalue weighted by atomic mass is 9.97. The summed E-state index contributed by atoms with van der Waals surface area (Å²) in [6, 6.07) is 19.9. The van der Waals surface area contributed by atoms with E-state index in [-0.39, 0.29) is 34.1 Å². The van der Waals surface area contributed by atoms with E-state index in [4.69, 9.17) is 0 Å². The van der Waals surface area contributed by atoms with E-state index in [0.29, 0.717) is 11.6 Å². The van der Waals surface area contributed by atoms with E-state index in [9.17, 15) is 30.7 Å². The maximum absolute atomic E-state index is 15.1. The third-order valence-electron chi connectivity index (χ3n) is 7.58. The first kappa shape index (κ1) is 33.4. The molecular weight excluding hydrogens is 624 g/mol. The summed E-state index contributed by atoms with van der Waals surface area (Å²) in [6.07, 6.45) is 0.941. The van der Waals surface area contributed by atoms with Crippen LogP contribution in [0.25, 0.3) is 39.5 Å². The Kier molecular flexibility index (Phi) is 10.1. The number of alkyl halides is 2. The number of unbranched alkanes of at least 4 members (excludes halogenated alkanes) is 2. The molecule has 0 amide bonds. The zero-order valence-corrected chi connectivity index (χ0v) is 25.1. The van der Waals surface area contributed by atoms with Crippen molar-refractivity contribution in [3.05, 3.63) is 143 Å². The molecule has 0 N–H and O–H groups in total. The van der Waals surface area contributed by atoms with E-state index in [1.54, 1.807) is 6.07 Å². The number of benzene rings is 5. The summed E-state index contributed by atoms with van der Waals surface area (Å²) >= 11 is 0. The van der Waals surface area contributed by atoms with E-state index >= 15 is 4.39 Å². The molecule has 242 valence electrons. The van der Waals surface area contributed by atoms with Crippen molar-refractivity contribution in [3.8, 4) is 39.1 Å². The van der Waals surface area contributed by atoms with Gasteiger partial charge in [0.1, 0.15) is 23.2 Å². The fraction of sp³-hybridized carbons (Fsp3) is 0.158. The van der Waals surface area contributed by atoms with Gasteiger partial charge < -0.3 is 4.74 Å². The van der Waals surface area contributed by atoms with Crippen molar-refractivity contribution in [2.75, 3.05) is 0 Å². The molecule has 0 radical (unpaired) electrons. The summed E-state index contributed by atoms with van der Waals surface area (Å²) < 4.78 is 119. The lowest BCUT2D eigenvalue weighted by molar-refractivity contribution is -0.130. The topological polar surface area (TPSA) is 9.23 Å². The van der Waals surface area contributed by atoms with Crippen molar-refractivity contribution >= 4 is 6.08 Å². The van der Waals surface area contributed by atoms with E-state index in [0.717, 1.165) is 67.6 Å². The first-order chi connectivity index (χ1) is 22.4. The van der Waals surface area contributed by atoms with Crippen LogP contribution in [-0.4, -0.2) is 6.11 Å². The summed E-state index contributed by atoms with van der Waals surface area (Å²) in [7, 11) is 0. The minimum absolute atomic E-state index is 0.0346. The van der Waals surface area contributed by atoms with Crippen LogP contribution in [0, 0.1) is 34.9 Å². The Morgan fingerprint density at radius 2 is 1.11 bits per heavy atom. The molecule has 9 heteroatoms. The standard InChI is InChI=1S/C38H28F8O/c1-2-3-4-5-23-6-8-24(9-7-23)26-12-15-30(32(39)18-26)28-21-33(40)31(34(41)22-28)16-17-38(45,46)47-29-13-10-25(11-14-29)27-19-35(42)37(44)36(43)20-27/h6-22H,2-5H2,1H3. The highest BCUT2D eigenvalue weighted by molar-refractivity contribution is 5.72. The summed E-state index contributed by atoms with van der Waals surface area (Å²) in [5, 5.41) is 0. The van der Waals surface area contributed by atoms with Crippen LogP contribution in [0.2, 0.25) is 0 Å². The number of rotatable bonds is 11. The first-order valence-corrected chi connectivity index (χ1v) is 14.8. The van der Waals surface area contributed by atoms with Crippen molar-refractivity contribution in [3.63, 3.8) is 0 Å². The average molecular weight is 653 g/mol. The number of aryl methyl sites for hydroxylation is 1. The SMILES string of the molecule is CCCCCc1ccc(-c2ccc(-c3cc(F)c(C=CC(F)(F)Oc4ccc(-c5cc(F)c(F)c(F)c5)cc4)c(F)c3)c(F)c2)cc1. The van der Waals surface area contributed by atoms with Gasteiger partial charge in [0.15, 0.2) is 17.5 Å². The summed E-state index contributed by atoms with van der Waals surface area (Å²) in [5.41, 5.74) is 1.73. The Morgan fingerprint density at radius 3 is 1.70 bits per heavy atom. The van der Waals surface area contributed by atoms with E-state index in [2.05, 4.69) is 11.7 Å². The Morgan fingerprint density at radius 1 is 0.574 bits per heavy atom. The molecule has 0 aliphatic rings. The van der Waals surface area contributed by atoms with Gasteiger partial charge in [0.05, 0.1) is 0 Å². The largest absolute Gasteiger partial charge is 0.429 e. The molecule has 0 spiro atoms. The molecule has 5 aromatic carbocycles. The maximum Gasteiger partial charge on any atom is 0.419 e. The van der Waals surface area contributed by atoms with Crippen LogP contribution in [0.15, 0.2) is 97.1 Å². The minimum atomic E-state index is -4.02. The number of halogens is 8. The molecule has 0 saturated carbocycles. The second-order valence-corrected chi connectivity index (χ2v) is 11.0. The molecule has 0 aliphatic carbocycles. The smallest absolute Gasteiger partial charge is 0.419 e. The van der Waals surface area contributed by atoms with E-state index in [1.807, 2.05) is 24.3 Å². The normalized spacial score (nSPS) is 11.8. The minimum Gasteiger partial charge on any atom is -0.429 e. The molecule has 47 heavy (non-hydrogen) atoms. The maximum atomic E-state index is 15.1. The second-order valence-electron chi connectivity index (χ2n) is 11.0. The lowest BCUT2D eigenvalue weighted by Gasteiger charge is -2.15. The molecule has 0 aromatic heterocycles. The van der Waals surface area contributed by atoms with Gasteiger partial charge in [-0.15, -0.1) is 0 Å². The molecule has 0 atom stereocenters. The van der Waals surface area contributed by atoms with E-state index < -0.39 is 46.6 Å². The molecular formula is C38H28F8O. The Balaban J connectivity index is 1.28. The van der Waals surface area contributed by atoms with Crippen LogP contribution >= 0.6 is 0 Å². The van der Waals surface area contributed by atoms with Crippen molar-refractivity contribution < 1.29 is 39.9 Å². The van der Waals surface area contributed by atoms with Crippen LogP contribution in [0.3, 0.4) is 0 Å². The molecule has 0 saturated heterocycles. The highest BCUT2D eigenvalue weighted by Crippen LogP contribution is 2.33.